The first-order valence-corrected chi connectivity index (χ1v) is 7.24. The predicted molar refractivity (Wildman–Crippen MR) is 77.9 cm³/mol. The van der Waals surface area contributed by atoms with Crippen LogP contribution in [0.25, 0.3) is 0 Å². The Balaban J connectivity index is 2.16. The number of nitrogens with one attached hydrogen (secondary N) is 1. The van der Waals surface area contributed by atoms with Gasteiger partial charge < -0.3 is 10.2 Å². The number of nitrogens with zero attached hydrogens (tertiary/aromatic N) is 1. The number of anilines is 1. The Morgan fingerprint density at radius 1 is 1.50 bits per heavy atom. The second kappa shape index (κ2) is 5.85. The Labute approximate surface area is 117 Å². The van der Waals surface area contributed by atoms with Crippen LogP contribution >= 0.6 is 15.9 Å². The molecule has 0 saturated carbocycles. The molecule has 0 bridgehead atoms. The number of halogens is 1. The van der Waals surface area contributed by atoms with E-state index in [-0.39, 0.29) is 11.9 Å². The van der Waals surface area contributed by atoms with E-state index in [0.717, 1.165) is 41.7 Å². The minimum Gasteiger partial charge on any atom is -0.311 e. The molecule has 98 valence electrons. The summed E-state index contributed by atoms with van der Waals surface area (Å²) in [5.74, 6) is 0.199. The van der Waals surface area contributed by atoms with Gasteiger partial charge in [-0.1, -0.05) is 28.9 Å². The normalized spacial score (nSPS) is 19.6. The van der Waals surface area contributed by atoms with Gasteiger partial charge in [-0.3, -0.25) is 4.79 Å². The molecular formula is C14H19BrN2O. The number of rotatable bonds is 4. The first-order valence-electron chi connectivity index (χ1n) is 6.45. The highest BCUT2D eigenvalue weighted by molar-refractivity contribution is 9.10. The molecule has 18 heavy (non-hydrogen) atoms. The first-order chi connectivity index (χ1) is 8.65. The summed E-state index contributed by atoms with van der Waals surface area (Å²) < 4.78 is 1.05. The van der Waals surface area contributed by atoms with Crippen LogP contribution in [0.4, 0.5) is 5.69 Å². The molecule has 1 aliphatic heterocycles. The second-order valence-corrected chi connectivity index (χ2v) is 5.52. The van der Waals surface area contributed by atoms with Crippen molar-refractivity contribution in [1.29, 1.82) is 0 Å². The van der Waals surface area contributed by atoms with Crippen LogP contribution in [0.2, 0.25) is 0 Å². The van der Waals surface area contributed by atoms with Crippen molar-refractivity contribution < 1.29 is 4.79 Å². The van der Waals surface area contributed by atoms with Gasteiger partial charge in [0.1, 0.15) is 0 Å². The van der Waals surface area contributed by atoms with Gasteiger partial charge in [0.25, 0.3) is 0 Å². The zero-order valence-corrected chi connectivity index (χ0v) is 12.5. The highest BCUT2D eigenvalue weighted by Gasteiger charge is 2.32. The fourth-order valence-corrected chi connectivity index (χ4v) is 2.67. The van der Waals surface area contributed by atoms with Crippen LogP contribution in [0, 0.1) is 6.92 Å². The Kier molecular flexibility index (Phi) is 4.40. The van der Waals surface area contributed by atoms with Crippen LogP contribution in [-0.4, -0.2) is 25.0 Å². The number of hydrogen-bond acceptors (Lipinski definition) is 2. The number of benzene rings is 1. The lowest BCUT2D eigenvalue weighted by atomic mass is 10.2. The lowest BCUT2D eigenvalue weighted by molar-refractivity contribution is -0.118. The summed E-state index contributed by atoms with van der Waals surface area (Å²) in [6, 6.07) is 5.99. The summed E-state index contributed by atoms with van der Waals surface area (Å²) in [5, 5.41) is 3.31. The molecule has 0 radical (unpaired) electrons. The van der Waals surface area contributed by atoms with Gasteiger partial charge in [-0.15, -0.1) is 0 Å². The van der Waals surface area contributed by atoms with E-state index < -0.39 is 0 Å². The van der Waals surface area contributed by atoms with E-state index in [1.807, 2.05) is 30.0 Å². The van der Waals surface area contributed by atoms with Crippen LogP contribution in [-0.2, 0) is 4.79 Å². The van der Waals surface area contributed by atoms with Crippen molar-refractivity contribution in [3.8, 4) is 0 Å². The van der Waals surface area contributed by atoms with Crippen molar-refractivity contribution >= 4 is 27.5 Å². The predicted octanol–water partition coefficient (Wildman–Crippen LogP) is 2.86. The number of amides is 1. The maximum Gasteiger partial charge on any atom is 0.244 e. The van der Waals surface area contributed by atoms with Crippen molar-refractivity contribution in [2.45, 2.75) is 32.7 Å². The number of hydrogen-bond donors (Lipinski definition) is 1. The van der Waals surface area contributed by atoms with Crippen molar-refractivity contribution in [2.24, 2.45) is 0 Å². The SMILES string of the molecule is CCCNC1CCN(c2cccc(Br)c2C)C1=O. The van der Waals surface area contributed by atoms with E-state index in [2.05, 4.69) is 28.2 Å². The molecule has 1 N–H and O–H groups in total. The average molecular weight is 311 g/mol. The third kappa shape index (κ3) is 2.59. The summed E-state index contributed by atoms with van der Waals surface area (Å²) in [4.78, 5) is 14.2. The molecule has 1 aromatic rings. The Bertz CT molecular complexity index is 447. The van der Waals surface area contributed by atoms with Crippen molar-refractivity contribution in [3.05, 3.63) is 28.2 Å². The molecule has 4 heteroatoms. The lowest BCUT2D eigenvalue weighted by Gasteiger charge is -2.20. The van der Waals surface area contributed by atoms with Crippen molar-refractivity contribution in [2.75, 3.05) is 18.0 Å². The third-order valence-electron chi connectivity index (χ3n) is 3.38. The molecule has 3 nitrogen and oxygen atoms in total. The summed E-state index contributed by atoms with van der Waals surface area (Å²) in [6.45, 7) is 5.86. The molecule has 1 heterocycles. The molecule has 2 rings (SSSR count). The monoisotopic (exact) mass is 310 g/mol. The standard InChI is InChI=1S/C14H19BrN2O/c1-3-8-16-12-7-9-17(14(12)18)13-6-4-5-11(15)10(13)2/h4-6,12,16H,3,7-9H2,1-2H3. The number of carbonyl (C=O) groups is 1. The third-order valence-corrected chi connectivity index (χ3v) is 4.24. The van der Waals surface area contributed by atoms with Crippen LogP contribution in [0.3, 0.4) is 0 Å². The van der Waals surface area contributed by atoms with Crippen molar-refractivity contribution in [1.82, 2.24) is 5.32 Å². The average Bonchev–Trinajstić information content (AvgIpc) is 2.72. The smallest absolute Gasteiger partial charge is 0.244 e. The van der Waals surface area contributed by atoms with Gasteiger partial charge in [0, 0.05) is 16.7 Å². The minimum atomic E-state index is -0.0108. The highest BCUT2D eigenvalue weighted by atomic mass is 79.9. The first kappa shape index (κ1) is 13.6. The maximum atomic E-state index is 12.3. The molecule has 0 aromatic heterocycles. The molecule has 1 aromatic carbocycles. The topological polar surface area (TPSA) is 32.3 Å². The molecule has 1 atom stereocenters. The minimum absolute atomic E-state index is 0.0108. The molecule has 1 unspecified atom stereocenters. The van der Waals surface area contributed by atoms with Crippen LogP contribution in [0.15, 0.2) is 22.7 Å². The van der Waals surface area contributed by atoms with Gasteiger partial charge in [-0.25, -0.2) is 0 Å². The molecule has 1 aliphatic rings. The summed E-state index contributed by atoms with van der Waals surface area (Å²) in [6.07, 6.45) is 1.95. The van der Waals surface area contributed by atoms with E-state index in [1.165, 1.54) is 0 Å². The number of carbonyl (C=O) groups excluding carboxylic acids is 1. The van der Waals surface area contributed by atoms with E-state index in [0.29, 0.717) is 0 Å². The summed E-state index contributed by atoms with van der Waals surface area (Å²) in [7, 11) is 0. The van der Waals surface area contributed by atoms with E-state index in [4.69, 9.17) is 0 Å². The zero-order chi connectivity index (χ0) is 13.1. The molecule has 0 spiro atoms. The van der Waals surface area contributed by atoms with Crippen molar-refractivity contribution in [3.63, 3.8) is 0 Å². The van der Waals surface area contributed by atoms with Crippen LogP contribution < -0.4 is 10.2 Å². The molecular weight excluding hydrogens is 292 g/mol. The maximum absolute atomic E-state index is 12.3. The van der Waals surface area contributed by atoms with Gasteiger partial charge in [0.05, 0.1) is 6.04 Å². The summed E-state index contributed by atoms with van der Waals surface area (Å²) >= 11 is 3.52. The van der Waals surface area contributed by atoms with Gasteiger partial charge in [-0.2, -0.15) is 0 Å². The fraction of sp³-hybridized carbons (Fsp3) is 0.500. The molecule has 1 amide bonds. The van der Waals surface area contributed by atoms with Gasteiger partial charge in [0.15, 0.2) is 0 Å². The largest absolute Gasteiger partial charge is 0.311 e. The molecule has 1 saturated heterocycles. The van der Waals surface area contributed by atoms with E-state index in [9.17, 15) is 4.79 Å². The fourth-order valence-electron chi connectivity index (χ4n) is 2.32. The van der Waals surface area contributed by atoms with Gasteiger partial charge >= 0.3 is 0 Å². The Hall–Kier alpha value is -0.870. The van der Waals surface area contributed by atoms with Gasteiger partial charge in [-0.05, 0) is 44.0 Å². The van der Waals surface area contributed by atoms with Gasteiger partial charge in [0.2, 0.25) is 5.91 Å². The van der Waals surface area contributed by atoms with Crippen LogP contribution in [0.5, 0.6) is 0 Å². The lowest BCUT2D eigenvalue weighted by Crippen LogP contribution is -2.38. The highest BCUT2D eigenvalue weighted by Crippen LogP contribution is 2.29. The molecule has 0 aliphatic carbocycles. The second-order valence-electron chi connectivity index (χ2n) is 4.67. The summed E-state index contributed by atoms with van der Waals surface area (Å²) in [5.41, 5.74) is 2.15. The quantitative estimate of drug-likeness (QED) is 0.927. The van der Waals surface area contributed by atoms with E-state index in [1.54, 1.807) is 0 Å². The zero-order valence-electron chi connectivity index (χ0n) is 10.9. The molecule has 1 fully saturated rings. The van der Waals surface area contributed by atoms with E-state index >= 15 is 0 Å². The Morgan fingerprint density at radius 2 is 2.28 bits per heavy atom. The Morgan fingerprint density at radius 3 is 3.00 bits per heavy atom. The van der Waals surface area contributed by atoms with Crippen LogP contribution in [0.1, 0.15) is 25.3 Å².